The first-order valence-electron chi connectivity index (χ1n) is 16.2. The quantitative estimate of drug-likeness (QED) is 0.123. The van der Waals surface area contributed by atoms with Crippen molar-refractivity contribution in [3.05, 3.63) is 95.1 Å². The smallest absolute Gasteiger partial charge is 0.481 e. The summed E-state index contributed by atoms with van der Waals surface area (Å²) in [4.78, 5) is 12.0. The molecule has 45 heavy (non-hydrogen) atoms. The summed E-state index contributed by atoms with van der Waals surface area (Å²) in [5, 5.41) is 11.6. The van der Waals surface area contributed by atoms with E-state index in [2.05, 4.69) is 82.9 Å². The first-order chi connectivity index (χ1) is 21.5. The highest BCUT2D eigenvalue weighted by atomic mass is 31.1. The van der Waals surface area contributed by atoms with Gasteiger partial charge < -0.3 is 9.53 Å². The van der Waals surface area contributed by atoms with E-state index in [1.54, 1.807) is 0 Å². The van der Waals surface area contributed by atoms with Crippen LogP contribution >= 0.6 is 8.03 Å². The van der Waals surface area contributed by atoms with Gasteiger partial charge in [0.25, 0.3) is 8.32 Å². The van der Waals surface area contributed by atoms with E-state index in [0.717, 1.165) is 27.9 Å². The van der Waals surface area contributed by atoms with Gasteiger partial charge >= 0.3 is 14.0 Å². The molecule has 0 heterocycles. The second-order valence-corrected chi connectivity index (χ2v) is 19.0. The molecule has 0 saturated heterocycles. The molecule has 1 saturated carbocycles. The predicted octanol–water partition coefficient (Wildman–Crippen LogP) is 7.96. The lowest BCUT2D eigenvalue weighted by Crippen LogP contribution is -2.68. The number of hydrogen-bond donors (Lipinski definition) is 1. The normalized spacial score (nSPS) is 15.2. The largest absolute Gasteiger partial charge is 0.511 e. The van der Waals surface area contributed by atoms with Gasteiger partial charge in [0.2, 0.25) is 6.16 Å². The van der Waals surface area contributed by atoms with Gasteiger partial charge in [0.1, 0.15) is 6.10 Å². The number of carboxylic acids is 1. The van der Waals surface area contributed by atoms with Gasteiger partial charge in [0, 0.05) is 5.56 Å². The van der Waals surface area contributed by atoms with Crippen molar-refractivity contribution in [1.29, 1.82) is 0 Å². The molecule has 5 nitrogen and oxygen atoms in total. The third kappa shape index (κ3) is 9.24. The van der Waals surface area contributed by atoms with Crippen molar-refractivity contribution in [2.75, 3.05) is 12.8 Å². The summed E-state index contributed by atoms with van der Waals surface area (Å²) in [7, 11) is -5.25. The van der Waals surface area contributed by atoms with Crippen molar-refractivity contribution in [3.63, 3.8) is 0 Å². The van der Waals surface area contributed by atoms with Crippen LogP contribution < -0.4 is 10.4 Å². The molecule has 2 unspecified atom stereocenters. The molecule has 0 bridgehead atoms. The Balaban J connectivity index is 1.53. The number of benzene rings is 3. The Morgan fingerprint density at radius 1 is 0.978 bits per heavy atom. The van der Waals surface area contributed by atoms with E-state index in [1.165, 1.54) is 43.2 Å². The Kier molecular flexibility index (Phi) is 12.3. The SMILES string of the molecule is Cc1cc(C)c(C#CCO[P+](=O)CC(CC(=O)O)O[Si](c2ccccc2)(c2ccccc2)C(C)(C)C)c(CC2CCCCC2)c1. The fourth-order valence-electron chi connectivity index (χ4n) is 6.82. The van der Waals surface area contributed by atoms with Crippen LogP contribution in [0, 0.1) is 31.6 Å². The van der Waals surface area contributed by atoms with Crippen molar-refractivity contribution in [1.82, 2.24) is 0 Å². The molecule has 1 aliphatic rings. The molecular formula is C38H48O5PSi+. The number of aliphatic carboxylic acids is 1. The zero-order valence-electron chi connectivity index (χ0n) is 27.5. The van der Waals surface area contributed by atoms with E-state index in [1.807, 2.05) is 36.4 Å². The molecule has 3 aromatic carbocycles. The molecule has 0 radical (unpaired) electrons. The van der Waals surface area contributed by atoms with E-state index in [0.29, 0.717) is 5.92 Å². The zero-order chi connectivity index (χ0) is 32.5. The minimum absolute atomic E-state index is 0.00436. The van der Waals surface area contributed by atoms with Crippen LogP contribution in [0.4, 0.5) is 0 Å². The van der Waals surface area contributed by atoms with E-state index in [-0.39, 0.29) is 24.2 Å². The summed E-state index contributed by atoms with van der Waals surface area (Å²) in [6.07, 6.45) is 6.44. The van der Waals surface area contributed by atoms with Crippen LogP contribution in [-0.4, -0.2) is 38.3 Å². The van der Waals surface area contributed by atoms with Gasteiger partial charge in [-0.1, -0.05) is 143 Å². The van der Waals surface area contributed by atoms with Crippen LogP contribution in [0.5, 0.6) is 0 Å². The monoisotopic (exact) mass is 643 g/mol. The molecule has 0 amide bonds. The summed E-state index contributed by atoms with van der Waals surface area (Å²) < 4.78 is 26.0. The van der Waals surface area contributed by atoms with Crippen molar-refractivity contribution >= 4 is 32.7 Å². The molecule has 7 heteroatoms. The molecular weight excluding hydrogens is 595 g/mol. The minimum Gasteiger partial charge on any atom is -0.481 e. The number of rotatable bonds is 12. The second kappa shape index (κ2) is 16.0. The molecule has 1 N–H and O–H groups in total. The van der Waals surface area contributed by atoms with Crippen LogP contribution in [0.3, 0.4) is 0 Å². The van der Waals surface area contributed by atoms with Crippen molar-refractivity contribution < 1.29 is 23.4 Å². The van der Waals surface area contributed by atoms with Gasteiger partial charge in [0.15, 0.2) is 6.61 Å². The maximum absolute atomic E-state index is 13.3. The van der Waals surface area contributed by atoms with Gasteiger partial charge in [-0.15, -0.1) is 4.52 Å². The van der Waals surface area contributed by atoms with Crippen LogP contribution in [0.15, 0.2) is 72.8 Å². The summed E-state index contributed by atoms with van der Waals surface area (Å²) in [6, 6.07) is 24.5. The minimum atomic E-state index is -3.04. The lowest BCUT2D eigenvalue weighted by molar-refractivity contribution is -0.138. The molecule has 0 spiro atoms. The molecule has 3 aromatic rings. The van der Waals surface area contributed by atoms with Gasteiger partial charge in [-0.3, -0.25) is 4.79 Å². The average molecular weight is 644 g/mol. The van der Waals surface area contributed by atoms with Crippen LogP contribution in [-0.2, 0) is 24.7 Å². The second-order valence-electron chi connectivity index (χ2n) is 13.4. The Morgan fingerprint density at radius 2 is 1.58 bits per heavy atom. The van der Waals surface area contributed by atoms with Crippen molar-refractivity contribution in [2.24, 2.45) is 5.92 Å². The molecule has 0 aromatic heterocycles. The summed E-state index contributed by atoms with van der Waals surface area (Å²) in [5.74, 6) is 6.13. The molecule has 238 valence electrons. The summed E-state index contributed by atoms with van der Waals surface area (Å²) in [5.41, 5.74) is 4.73. The molecule has 1 aliphatic carbocycles. The molecule has 0 aliphatic heterocycles. The number of carboxylic acid groups (broad SMARTS) is 1. The fourth-order valence-corrected chi connectivity index (χ4v) is 12.5. The Morgan fingerprint density at radius 3 is 2.13 bits per heavy atom. The number of carbonyl (C=O) groups is 1. The van der Waals surface area contributed by atoms with Crippen LogP contribution in [0.2, 0.25) is 5.04 Å². The summed E-state index contributed by atoms with van der Waals surface area (Å²) >= 11 is 0. The van der Waals surface area contributed by atoms with Crippen LogP contribution in [0.25, 0.3) is 0 Å². The highest BCUT2D eigenvalue weighted by Crippen LogP contribution is 2.39. The van der Waals surface area contributed by atoms with Crippen LogP contribution in [0.1, 0.15) is 81.5 Å². The van der Waals surface area contributed by atoms with Gasteiger partial charge in [-0.05, 0) is 57.3 Å². The molecule has 4 rings (SSSR count). The standard InChI is InChI=1S/C38H47O5PSi/c1-29-24-30(2)36(32(25-29)26-31-16-9-6-10-17-31)22-15-23-42-44(41)28-33(27-37(39)40)43-45(38(3,4)5,34-18-11-7-12-19-34)35-20-13-8-14-21-35/h7-8,11-14,18-21,24-25,31,33H,6,9-10,16-17,23,26-28H2,1-5H3/p+1. The summed E-state index contributed by atoms with van der Waals surface area (Å²) in [6.45, 7) is 10.6. The highest BCUT2D eigenvalue weighted by molar-refractivity contribution is 7.39. The Labute approximate surface area is 271 Å². The zero-order valence-corrected chi connectivity index (χ0v) is 29.4. The highest BCUT2D eigenvalue weighted by Gasteiger charge is 2.52. The Bertz CT molecular complexity index is 1460. The van der Waals surface area contributed by atoms with Gasteiger partial charge in [-0.25, -0.2) is 0 Å². The van der Waals surface area contributed by atoms with E-state index < -0.39 is 28.4 Å². The third-order valence-electron chi connectivity index (χ3n) is 8.80. The van der Waals surface area contributed by atoms with Crippen molar-refractivity contribution in [3.8, 4) is 11.8 Å². The number of hydrogen-bond acceptors (Lipinski definition) is 4. The maximum Gasteiger partial charge on any atom is 0.511 e. The van der Waals surface area contributed by atoms with Gasteiger partial charge in [0.05, 0.1) is 6.42 Å². The van der Waals surface area contributed by atoms with Gasteiger partial charge in [-0.2, -0.15) is 0 Å². The number of aryl methyl sites for hydroxylation is 2. The van der Waals surface area contributed by atoms with E-state index >= 15 is 0 Å². The van der Waals surface area contributed by atoms with E-state index in [4.69, 9.17) is 8.95 Å². The lowest BCUT2D eigenvalue weighted by Gasteiger charge is -2.44. The maximum atomic E-state index is 13.3. The first kappa shape index (κ1) is 34.8. The topological polar surface area (TPSA) is 72.8 Å². The predicted molar refractivity (Wildman–Crippen MR) is 186 cm³/mol. The fraction of sp³-hybridized carbons (Fsp3) is 0.447. The molecule has 1 fully saturated rings. The van der Waals surface area contributed by atoms with Crippen molar-refractivity contribution in [2.45, 2.75) is 90.7 Å². The Hall–Kier alpha value is -3.07. The third-order valence-corrected chi connectivity index (χ3v) is 15.0. The van der Waals surface area contributed by atoms with E-state index in [9.17, 15) is 14.5 Å². The lowest BCUT2D eigenvalue weighted by atomic mass is 9.83. The molecule has 2 atom stereocenters. The first-order valence-corrected chi connectivity index (χ1v) is 19.4. The average Bonchev–Trinajstić information content (AvgIpc) is 2.99.